The molecule has 0 aliphatic carbocycles. The highest BCUT2D eigenvalue weighted by molar-refractivity contribution is 6.10. The second-order valence-corrected chi connectivity index (χ2v) is 4.71. The molecule has 100 valence electrons. The zero-order valence-electron chi connectivity index (χ0n) is 11.1. The number of rotatable bonds is 2. The van der Waals surface area contributed by atoms with Gasteiger partial charge in [-0.1, -0.05) is 18.2 Å². The van der Waals surface area contributed by atoms with Gasteiger partial charge in [-0.15, -0.1) is 0 Å². The lowest BCUT2D eigenvalue weighted by Crippen LogP contribution is -2.25. The predicted molar refractivity (Wildman–Crippen MR) is 81.9 cm³/mol. The van der Waals surface area contributed by atoms with Crippen LogP contribution in [0.2, 0.25) is 0 Å². The largest absolute Gasteiger partial charge is 0.399 e. The van der Waals surface area contributed by atoms with Crippen molar-refractivity contribution in [2.45, 2.75) is 0 Å². The average Bonchev–Trinajstić information content (AvgIpc) is 2.90. The van der Waals surface area contributed by atoms with E-state index in [4.69, 9.17) is 5.73 Å². The van der Waals surface area contributed by atoms with Crippen LogP contribution in [0.5, 0.6) is 0 Å². The Labute approximate surface area is 116 Å². The summed E-state index contributed by atoms with van der Waals surface area (Å²) >= 11 is 0. The Balaban J connectivity index is 1.97. The Hall–Kier alpha value is -2.75. The first-order chi connectivity index (χ1) is 9.66. The molecule has 0 aliphatic heterocycles. The van der Waals surface area contributed by atoms with E-state index in [1.54, 1.807) is 36.2 Å². The van der Waals surface area contributed by atoms with Crippen LogP contribution in [0.15, 0.2) is 54.7 Å². The number of nitrogen functional groups attached to an aromatic ring is 1. The first-order valence-corrected chi connectivity index (χ1v) is 6.36. The van der Waals surface area contributed by atoms with Crippen LogP contribution in [0.25, 0.3) is 10.9 Å². The molecule has 0 saturated heterocycles. The number of fused-ring (bicyclic) bond motifs is 1. The normalized spacial score (nSPS) is 10.7. The number of aromatic amines is 1. The molecular weight excluding hydrogens is 250 g/mol. The van der Waals surface area contributed by atoms with Gasteiger partial charge in [0.05, 0.1) is 5.69 Å². The third kappa shape index (κ3) is 2.01. The van der Waals surface area contributed by atoms with Gasteiger partial charge in [0.1, 0.15) is 0 Å². The number of nitrogens with zero attached hydrogens (tertiary/aromatic N) is 1. The van der Waals surface area contributed by atoms with E-state index in [1.165, 1.54) is 0 Å². The van der Waals surface area contributed by atoms with Crippen LogP contribution >= 0.6 is 0 Å². The number of hydrogen-bond donors (Lipinski definition) is 2. The highest BCUT2D eigenvalue weighted by atomic mass is 16.2. The lowest BCUT2D eigenvalue weighted by Gasteiger charge is -2.16. The van der Waals surface area contributed by atoms with E-state index in [0.717, 1.165) is 16.6 Å². The van der Waals surface area contributed by atoms with Crippen LogP contribution < -0.4 is 10.6 Å². The van der Waals surface area contributed by atoms with Crippen LogP contribution in [0, 0.1) is 0 Å². The maximum absolute atomic E-state index is 12.5. The lowest BCUT2D eigenvalue weighted by molar-refractivity contribution is 0.0993. The van der Waals surface area contributed by atoms with Crippen LogP contribution in [0.3, 0.4) is 0 Å². The number of hydrogen-bond acceptors (Lipinski definition) is 2. The maximum Gasteiger partial charge on any atom is 0.258 e. The Morgan fingerprint density at radius 2 is 1.80 bits per heavy atom. The van der Waals surface area contributed by atoms with Crippen molar-refractivity contribution in [1.29, 1.82) is 0 Å². The molecule has 0 radical (unpaired) electrons. The molecule has 0 unspecified atom stereocenters. The Morgan fingerprint density at radius 1 is 1.10 bits per heavy atom. The number of para-hydroxylation sites is 1. The summed E-state index contributed by atoms with van der Waals surface area (Å²) in [4.78, 5) is 17.3. The molecule has 3 aromatic rings. The quantitative estimate of drug-likeness (QED) is 0.700. The van der Waals surface area contributed by atoms with Crippen molar-refractivity contribution in [2.24, 2.45) is 0 Å². The monoisotopic (exact) mass is 265 g/mol. The van der Waals surface area contributed by atoms with Crippen molar-refractivity contribution in [3.8, 4) is 0 Å². The van der Waals surface area contributed by atoms with E-state index in [2.05, 4.69) is 4.98 Å². The van der Waals surface area contributed by atoms with E-state index in [1.807, 2.05) is 30.5 Å². The fraction of sp³-hybridized carbons (Fsp3) is 0.0625. The van der Waals surface area contributed by atoms with E-state index in [9.17, 15) is 4.79 Å². The first-order valence-electron chi connectivity index (χ1n) is 6.36. The molecule has 2 aromatic carbocycles. The number of nitrogens with two attached hydrogens (primary N) is 1. The molecule has 0 fully saturated rings. The minimum atomic E-state index is -0.0604. The molecule has 1 aromatic heterocycles. The second-order valence-electron chi connectivity index (χ2n) is 4.71. The predicted octanol–water partition coefficient (Wildman–Crippen LogP) is 3.03. The summed E-state index contributed by atoms with van der Waals surface area (Å²) in [6.45, 7) is 0. The molecule has 4 heteroatoms. The van der Waals surface area contributed by atoms with Gasteiger partial charge in [-0.25, -0.2) is 0 Å². The average molecular weight is 265 g/mol. The Kier molecular flexibility index (Phi) is 2.91. The number of aromatic nitrogens is 1. The molecule has 3 rings (SSSR count). The highest BCUT2D eigenvalue weighted by Crippen LogP contribution is 2.26. The number of H-pyrrole nitrogens is 1. The molecule has 3 N–H and O–H groups in total. The number of anilines is 2. The standard InChI is InChI=1S/C16H15N3O/c1-19(16(20)11-6-8-12(17)9-7-11)15-10-18-14-5-3-2-4-13(14)15/h2-10,18H,17H2,1H3. The summed E-state index contributed by atoms with van der Waals surface area (Å²) in [7, 11) is 1.77. The van der Waals surface area contributed by atoms with Gasteiger partial charge in [0, 0.05) is 35.4 Å². The van der Waals surface area contributed by atoms with Crippen LogP contribution in [0.4, 0.5) is 11.4 Å². The molecule has 0 aliphatic rings. The van der Waals surface area contributed by atoms with Crippen molar-refractivity contribution >= 4 is 28.2 Å². The fourth-order valence-corrected chi connectivity index (χ4v) is 2.26. The van der Waals surface area contributed by atoms with Crippen molar-refractivity contribution < 1.29 is 4.79 Å². The summed E-state index contributed by atoms with van der Waals surface area (Å²) in [5.41, 5.74) is 8.79. The summed E-state index contributed by atoms with van der Waals surface area (Å²) in [6.07, 6.45) is 1.85. The maximum atomic E-state index is 12.5. The van der Waals surface area contributed by atoms with Crippen molar-refractivity contribution in [3.05, 3.63) is 60.3 Å². The smallest absolute Gasteiger partial charge is 0.258 e. The minimum absolute atomic E-state index is 0.0604. The van der Waals surface area contributed by atoms with E-state index in [0.29, 0.717) is 11.3 Å². The third-order valence-corrected chi connectivity index (χ3v) is 3.39. The van der Waals surface area contributed by atoms with Gasteiger partial charge in [-0.2, -0.15) is 0 Å². The zero-order valence-corrected chi connectivity index (χ0v) is 11.1. The molecule has 0 saturated carbocycles. The number of amides is 1. The lowest BCUT2D eigenvalue weighted by atomic mass is 10.1. The van der Waals surface area contributed by atoms with Gasteiger partial charge < -0.3 is 15.6 Å². The Bertz CT molecular complexity index is 759. The van der Waals surface area contributed by atoms with Gasteiger partial charge in [0.25, 0.3) is 5.91 Å². The van der Waals surface area contributed by atoms with E-state index < -0.39 is 0 Å². The van der Waals surface area contributed by atoms with Gasteiger partial charge in [-0.3, -0.25) is 4.79 Å². The van der Waals surface area contributed by atoms with Crippen LogP contribution in [-0.4, -0.2) is 17.9 Å². The summed E-state index contributed by atoms with van der Waals surface area (Å²) in [5, 5.41) is 1.03. The highest BCUT2D eigenvalue weighted by Gasteiger charge is 2.16. The van der Waals surface area contributed by atoms with Crippen molar-refractivity contribution in [1.82, 2.24) is 4.98 Å². The van der Waals surface area contributed by atoms with Crippen LogP contribution in [-0.2, 0) is 0 Å². The number of benzene rings is 2. The topological polar surface area (TPSA) is 62.1 Å². The molecule has 1 amide bonds. The van der Waals surface area contributed by atoms with Crippen molar-refractivity contribution in [3.63, 3.8) is 0 Å². The van der Waals surface area contributed by atoms with E-state index >= 15 is 0 Å². The molecule has 0 bridgehead atoms. The summed E-state index contributed by atoms with van der Waals surface area (Å²) in [5.74, 6) is -0.0604. The SMILES string of the molecule is CN(C(=O)c1ccc(N)cc1)c1c[nH]c2ccccc12. The zero-order chi connectivity index (χ0) is 14.1. The van der Waals surface area contributed by atoms with Gasteiger partial charge >= 0.3 is 0 Å². The molecule has 20 heavy (non-hydrogen) atoms. The molecule has 4 nitrogen and oxygen atoms in total. The molecule has 0 atom stereocenters. The van der Waals surface area contributed by atoms with Crippen LogP contribution in [0.1, 0.15) is 10.4 Å². The van der Waals surface area contributed by atoms with Crippen molar-refractivity contribution in [2.75, 3.05) is 17.7 Å². The number of nitrogens with one attached hydrogen (secondary N) is 1. The van der Waals surface area contributed by atoms with E-state index in [-0.39, 0.29) is 5.91 Å². The summed E-state index contributed by atoms with van der Waals surface area (Å²) in [6, 6.07) is 14.8. The van der Waals surface area contributed by atoms with Gasteiger partial charge in [0.2, 0.25) is 0 Å². The number of carbonyl (C=O) groups is 1. The van der Waals surface area contributed by atoms with Gasteiger partial charge in [-0.05, 0) is 30.3 Å². The molecule has 1 heterocycles. The minimum Gasteiger partial charge on any atom is -0.399 e. The fourth-order valence-electron chi connectivity index (χ4n) is 2.26. The molecule has 0 spiro atoms. The van der Waals surface area contributed by atoms with Gasteiger partial charge in [0.15, 0.2) is 0 Å². The molecular formula is C16H15N3O. The number of carbonyl (C=O) groups excluding carboxylic acids is 1. The first kappa shape index (κ1) is 12.3. The summed E-state index contributed by atoms with van der Waals surface area (Å²) < 4.78 is 0. The Morgan fingerprint density at radius 3 is 2.55 bits per heavy atom. The third-order valence-electron chi connectivity index (χ3n) is 3.39. The second kappa shape index (κ2) is 4.74.